The molecule has 0 unspecified atom stereocenters. The Morgan fingerprint density at radius 2 is 2.04 bits per heavy atom. The van der Waals surface area contributed by atoms with Gasteiger partial charge in [-0.3, -0.25) is 4.79 Å². The summed E-state index contributed by atoms with van der Waals surface area (Å²) in [5, 5.41) is 2.94. The van der Waals surface area contributed by atoms with Crippen molar-refractivity contribution in [3.8, 4) is 11.1 Å². The average molecular weight is 386 g/mol. The lowest BCUT2D eigenvalue weighted by atomic mass is 10.0. The first-order valence-corrected chi connectivity index (χ1v) is 10.4. The highest BCUT2D eigenvalue weighted by atomic mass is 32.2. The molecular formula is C21H23FN2O2S. The molecule has 2 aliphatic rings. The Morgan fingerprint density at radius 3 is 2.70 bits per heavy atom. The third-order valence-corrected chi connectivity index (χ3v) is 5.80. The number of nitrogens with zero attached hydrogens (tertiary/aromatic N) is 1. The number of anilines is 1. The average Bonchev–Trinajstić information content (AvgIpc) is 3.44. The van der Waals surface area contributed by atoms with E-state index in [4.69, 9.17) is 4.74 Å². The molecule has 4 rings (SSSR count). The number of rotatable bonds is 6. The first-order valence-electron chi connectivity index (χ1n) is 9.22. The van der Waals surface area contributed by atoms with Crippen molar-refractivity contribution in [2.24, 2.45) is 5.92 Å². The summed E-state index contributed by atoms with van der Waals surface area (Å²) in [4.78, 5) is 14.9. The SMILES string of the molecule is CSc1ccc(-c2ccc(N3CO[C@@H](CNC(=O)C4CC4)C3)cc2F)cc1. The molecule has 2 aromatic rings. The van der Waals surface area contributed by atoms with Crippen LogP contribution in [0.4, 0.5) is 10.1 Å². The largest absolute Gasteiger partial charge is 0.354 e. The number of amides is 1. The van der Waals surface area contributed by atoms with Crippen molar-refractivity contribution in [2.45, 2.75) is 23.8 Å². The molecule has 0 aromatic heterocycles. The number of ether oxygens (including phenoxy) is 1. The van der Waals surface area contributed by atoms with Gasteiger partial charge < -0.3 is 15.0 Å². The molecule has 142 valence electrons. The van der Waals surface area contributed by atoms with E-state index < -0.39 is 0 Å². The van der Waals surface area contributed by atoms with Crippen LogP contribution in [0.2, 0.25) is 0 Å². The van der Waals surface area contributed by atoms with Crippen molar-refractivity contribution < 1.29 is 13.9 Å². The van der Waals surface area contributed by atoms with E-state index in [0.29, 0.717) is 25.4 Å². The minimum absolute atomic E-state index is 0.0606. The summed E-state index contributed by atoms with van der Waals surface area (Å²) in [5.74, 6) is 0.0870. The van der Waals surface area contributed by atoms with Gasteiger partial charge in [0.25, 0.3) is 0 Å². The van der Waals surface area contributed by atoms with Crippen LogP contribution in [0.25, 0.3) is 11.1 Å². The van der Waals surface area contributed by atoms with E-state index in [-0.39, 0.29) is 23.7 Å². The van der Waals surface area contributed by atoms with Crippen LogP contribution in [-0.4, -0.2) is 38.1 Å². The Morgan fingerprint density at radius 1 is 1.26 bits per heavy atom. The lowest BCUT2D eigenvalue weighted by Gasteiger charge is -2.17. The molecule has 6 heteroatoms. The Hall–Kier alpha value is -2.05. The second-order valence-corrected chi connectivity index (χ2v) is 7.93. The molecule has 1 saturated carbocycles. The Balaban J connectivity index is 1.39. The monoisotopic (exact) mass is 386 g/mol. The zero-order valence-electron chi connectivity index (χ0n) is 15.3. The summed E-state index contributed by atoms with van der Waals surface area (Å²) in [6.45, 7) is 1.56. The van der Waals surface area contributed by atoms with Crippen molar-refractivity contribution in [1.82, 2.24) is 5.32 Å². The highest BCUT2D eigenvalue weighted by Crippen LogP contribution is 2.30. The smallest absolute Gasteiger partial charge is 0.223 e. The molecule has 2 fully saturated rings. The van der Waals surface area contributed by atoms with Crippen molar-refractivity contribution in [1.29, 1.82) is 0 Å². The molecule has 27 heavy (non-hydrogen) atoms. The van der Waals surface area contributed by atoms with Gasteiger partial charge in [0.2, 0.25) is 5.91 Å². The molecule has 1 amide bonds. The van der Waals surface area contributed by atoms with Crippen molar-refractivity contribution in [3.63, 3.8) is 0 Å². The molecule has 4 nitrogen and oxygen atoms in total. The van der Waals surface area contributed by atoms with Crippen LogP contribution < -0.4 is 10.2 Å². The van der Waals surface area contributed by atoms with Crippen LogP contribution in [0.1, 0.15) is 12.8 Å². The van der Waals surface area contributed by atoms with Crippen LogP contribution in [0, 0.1) is 11.7 Å². The lowest BCUT2D eigenvalue weighted by molar-refractivity contribution is -0.122. The fraction of sp³-hybridized carbons (Fsp3) is 0.381. The number of benzene rings is 2. The lowest BCUT2D eigenvalue weighted by Crippen LogP contribution is -2.35. The van der Waals surface area contributed by atoms with Gasteiger partial charge in [0.1, 0.15) is 12.5 Å². The van der Waals surface area contributed by atoms with E-state index >= 15 is 0 Å². The molecule has 2 aromatic carbocycles. The Labute approximate surface area is 163 Å². The van der Waals surface area contributed by atoms with E-state index in [1.807, 2.05) is 47.6 Å². The highest BCUT2D eigenvalue weighted by Gasteiger charge is 2.31. The minimum atomic E-state index is -0.241. The molecular weight excluding hydrogens is 363 g/mol. The van der Waals surface area contributed by atoms with Crippen molar-refractivity contribution >= 4 is 23.4 Å². The minimum Gasteiger partial charge on any atom is -0.354 e. The zero-order chi connectivity index (χ0) is 18.8. The van der Waals surface area contributed by atoms with Crippen LogP contribution in [0.3, 0.4) is 0 Å². The fourth-order valence-electron chi connectivity index (χ4n) is 3.26. The van der Waals surface area contributed by atoms with Crippen LogP contribution in [0.5, 0.6) is 0 Å². The molecule has 0 radical (unpaired) electrons. The predicted molar refractivity (Wildman–Crippen MR) is 106 cm³/mol. The number of halogens is 1. The molecule has 1 N–H and O–H groups in total. The molecule has 1 atom stereocenters. The van der Waals surface area contributed by atoms with Gasteiger partial charge in [0.05, 0.1) is 6.10 Å². The Bertz CT molecular complexity index is 823. The standard InChI is InChI=1S/C21H23FN2O2S/c1-27-18-7-4-14(5-8-18)19-9-6-16(10-20(19)22)24-12-17(26-13-24)11-23-21(25)15-2-3-15/h4-10,15,17H,2-3,11-13H2,1H3,(H,23,25)/t17-/m0/s1. The number of thioether (sulfide) groups is 1. The first kappa shape index (κ1) is 18.3. The predicted octanol–water partition coefficient (Wildman–Crippen LogP) is 3.90. The van der Waals surface area contributed by atoms with Gasteiger partial charge in [0, 0.05) is 35.2 Å². The topological polar surface area (TPSA) is 41.6 Å². The zero-order valence-corrected chi connectivity index (χ0v) is 16.1. The maximum Gasteiger partial charge on any atom is 0.223 e. The van der Waals surface area contributed by atoms with Gasteiger partial charge in [-0.2, -0.15) is 0 Å². The summed E-state index contributed by atoms with van der Waals surface area (Å²) in [6.07, 6.45) is 3.95. The molecule has 1 aliphatic carbocycles. The fourth-order valence-corrected chi connectivity index (χ4v) is 3.67. The number of hydrogen-bond acceptors (Lipinski definition) is 4. The normalized spacial score (nSPS) is 19.3. The van der Waals surface area contributed by atoms with E-state index in [0.717, 1.165) is 29.0 Å². The van der Waals surface area contributed by atoms with E-state index in [2.05, 4.69) is 5.32 Å². The second kappa shape index (κ2) is 7.90. The van der Waals surface area contributed by atoms with E-state index in [1.165, 1.54) is 0 Å². The number of carbonyl (C=O) groups excluding carboxylic acids is 1. The van der Waals surface area contributed by atoms with Crippen molar-refractivity contribution in [3.05, 3.63) is 48.3 Å². The van der Waals surface area contributed by atoms with Crippen molar-refractivity contribution in [2.75, 3.05) is 31.0 Å². The van der Waals surface area contributed by atoms with Gasteiger partial charge in [-0.05, 0) is 55.0 Å². The molecule has 0 bridgehead atoms. The van der Waals surface area contributed by atoms with Gasteiger partial charge in [-0.25, -0.2) is 4.39 Å². The van der Waals surface area contributed by atoms with Crippen LogP contribution in [-0.2, 0) is 9.53 Å². The van der Waals surface area contributed by atoms with Gasteiger partial charge in [-0.15, -0.1) is 11.8 Å². The van der Waals surface area contributed by atoms with Gasteiger partial charge in [-0.1, -0.05) is 12.1 Å². The molecule has 1 saturated heterocycles. The third kappa shape index (κ3) is 4.28. The maximum atomic E-state index is 14.7. The highest BCUT2D eigenvalue weighted by molar-refractivity contribution is 7.98. The molecule has 1 heterocycles. The van der Waals surface area contributed by atoms with E-state index in [9.17, 15) is 9.18 Å². The summed E-state index contributed by atoms with van der Waals surface area (Å²) in [5.41, 5.74) is 2.27. The second-order valence-electron chi connectivity index (χ2n) is 7.05. The van der Waals surface area contributed by atoms with E-state index in [1.54, 1.807) is 17.8 Å². The quantitative estimate of drug-likeness (QED) is 0.765. The first-order chi connectivity index (χ1) is 13.1. The molecule has 1 aliphatic heterocycles. The summed E-state index contributed by atoms with van der Waals surface area (Å²) >= 11 is 1.67. The maximum absolute atomic E-state index is 14.7. The Kier molecular flexibility index (Phi) is 5.36. The van der Waals surface area contributed by atoms with Crippen LogP contribution >= 0.6 is 11.8 Å². The molecule has 0 spiro atoms. The van der Waals surface area contributed by atoms with Gasteiger partial charge in [0.15, 0.2) is 0 Å². The number of carbonyl (C=O) groups is 1. The third-order valence-electron chi connectivity index (χ3n) is 5.06. The summed E-state index contributed by atoms with van der Waals surface area (Å²) < 4.78 is 20.4. The van der Waals surface area contributed by atoms with Gasteiger partial charge >= 0.3 is 0 Å². The number of hydrogen-bond donors (Lipinski definition) is 1. The summed E-state index contributed by atoms with van der Waals surface area (Å²) in [6, 6.07) is 13.2. The number of nitrogens with one attached hydrogen (secondary N) is 1. The summed E-state index contributed by atoms with van der Waals surface area (Å²) in [7, 11) is 0. The van der Waals surface area contributed by atoms with Crippen LogP contribution in [0.15, 0.2) is 47.4 Å².